The van der Waals surface area contributed by atoms with Gasteiger partial charge in [-0.1, -0.05) is 44.2 Å². The van der Waals surface area contributed by atoms with Crippen LogP contribution in [0.3, 0.4) is 0 Å². The van der Waals surface area contributed by atoms with Crippen LogP contribution in [0.2, 0.25) is 0 Å². The maximum atomic E-state index is 5.48. The van der Waals surface area contributed by atoms with E-state index < -0.39 is 0 Å². The largest absolute Gasteiger partial charge is 0.381 e. The summed E-state index contributed by atoms with van der Waals surface area (Å²) in [5.41, 5.74) is 1.42. The molecule has 0 aliphatic rings. The summed E-state index contributed by atoms with van der Waals surface area (Å²) in [5.74, 6) is 0. The lowest BCUT2D eigenvalue weighted by atomic mass is 10.0. The first-order valence-electron chi connectivity index (χ1n) is 7.21. The summed E-state index contributed by atoms with van der Waals surface area (Å²) in [4.78, 5) is 0. The highest BCUT2D eigenvalue weighted by atomic mass is 16.5. The molecule has 18 heavy (non-hydrogen) atoms. The van der Waals surface area contributed by atoms with Crippen LogP contribution in [0.4, 0.5) is 0 Å². The molecule has 1 atom stereocenters. The van der Waals surface area contributed by atoms with Crippen molar-refractivity contribution in [1.82, 2.24) is 5.32 Å². The zero-order chi connectivity index (χ0) is 13.1. The maximum Gasteiger partial charge on any atom is 0.0478 e. The number of hydrogen-bond donors (Lipinski definition) is 1. The van der Waals surface area contributed by atoms with E-state index in [1.807, 2.05) is 0 Å². The van der Waals surface area contributed by atoms with Crippen molar-refractivity contribution in [2.24, 2.45) is 0 Å². The number of hydrogen-bond acceptors (Lipinski definition) is 2. The molecule has 0 aliphatic heterocycles. The van der Waals surface area contributed by atoms with Crippen molar-refractivity contribution in [1.29, 1.82) is 0 Å². The third-order valence-electron chi connectivity index (χ3n) is 3.06. The first kappa shape index (κ1) is 15.2. The van der Waals surface area contributed by atoms with Gasteiger partial charge < -0.3 is 10.1 Å². The van der Waals surface area contributed by atoms with Crippen molar-refractivity contribution < 1.29 is 4.74 Å². The van der Waals surface area contributed by atoms with Gasteiger partial charge in [-0.2, -0.15) is 0 Å². The second kappa shape index (κ2) is 10.1. The van der Waals surface area contributed by atoms with Crippen LogP contribution < -0.4 is 5.32 Å². The van der Waals surface area contributed by atoms with Gasteiger partial charge in [-0.3, -0.25) is 0 Å². The lowest BCUT2D eigenvalue weighted by molar-refractivity contribution is 0.131. The molecule has 0 saturated carbocycles. The SMILES string of the molecule is CCCOCCCNC(CC)Cc1ccccc1. The van der Waals surface area contributed by atoms with E-state index >= 15 is 0 Å². The molecule has 0 amide bonds. The first-order valence-corrected chi connectivity index (χ1v) is 7.21. The molecule has 1 aromatic carbocycles. The van der Waals surface area contributed by atoms with Gasteiger partial charge in [-0.25, -0.2) is 0 Å². The summed E-state index contributed by atoms with van der Waals surface area (Å²) in [5, 5.41) is 3.61. The Morgan fingerprint density at radius 1 is 1.11 bits per heavy atom. The van der Waals surface area contributed by atoms with Gasteiger partial charge in [0.2, 0.25) is 0 Å². The molecule has 102 valence electrons. The predicted molar refractivity (Wildman–Crippen MR) is 78.0 cm³/mol. The smallest absolute Gasteiger partial charge is 0.0478 e. The lowest BCUT2D eigenvalue weighted by Crippen LogP contribution is -2.31. The molecule has 0 heterocycles. The summed E-state index contributed by atoms with van der Waals surface area (Å²) in [6.45, 7) is 7.21. The Morgan fingerprint density at radius 3 is 2.56 bits per heavy atom. The van der Waals surface area contributed by atoms with Crippen molar-refractivity contribution in [2.45, 2.75) is 45.6 Å². The fraction of sp³-hybridized carbons (Fsp3) is 0.625. The number of rotatable bonds is 10. The Hall–Kier alpha value is -0.860. The third-order valence-corrected chi connectivity index (χ3v) is 3.06. The van der Waals surface area contributed by atoms with Crippen LogP contribution >= 0.6 is 0 Å². The topological polar surface area (TPSA) is 21.3 Å². The van der Waals surface area contributed by atoms with Gasteiger partial charge in [0, 0.05) is 19.3 Å². The van der Waals surface area contributed by atoms with E-state index in [0.29, 0.717) is 6.04 Å². The maximum absolute atomic E-state index is 5.48. The summed E-state index contributed by atoms with van der Waals surface area (Å²) < 4.78 is 5.48. The molecule has 0 spiro atoms. The van der Waals surface area contributed by atoms with Crippen LogP contribution in [-0.4, -0.2) is 25.8 Å². The highest BCUT2D eigenvalue weighted by molar-refractivity contribution is 5.15. The Morgan fingerprint density at radius 2 is 1.89 bits per heavy atom. The standard InChI is InChI=1S/C16H27NO/c1-3-12-18-13-8-11-17-16(4-2)14-15-9-6-5-7-10-15/h5-7,9-10,16-17H,3-4,8,11-14H2,1-2H3. The molecule has 1 aromatic rings. The van der Waals surface area contributed by atoms with E-state index in [0.717, 1.165) is 39.0 Å². The first-order chi connectivity index (χ1) is 8.86. The molecule has 0 saturated heterocycles. The highest BCUT2D eigenvalue weighted by Crippen LogP contribution is 2.05. The summed E-state index contributed by atoms with van der Waals surface area (Å²) in [6, 6.07) is 11.3. The Bertz CT molecular complexity index is 286. The van der Waals surface area contributed by atoms with Crippen molar-refractivity contribution in [2.75, 3.05) is 19.8 Å². The molecule has 0 radical (unpaired) electrons. The zero-order valence-electron chi connectivity index (χ0n) is 11.8. The molecule has 2 nitrogen and oxygen atoms in total. The molecule has 0 bridgehead atoms. The van der Waals surface area contributed by atoms with Gasteiger partial charge in [0.05, 0.1) is 0 Å². The number of ether oxygens (including phenoxy) is 1. The molecule has 0 fully saturated rings. The van der Waals surface area contributed by atoms with E-state index in [-0.39, 0.29) is 0 Å². The van der Waals surface area contributed by atoms with Crippen LogP contribution in [0.5, 0.6) is 0 Å². The molecule has 1 N–H and O–H groups in total. The second-order valence-corrected chi connectivity index (χ2v) is 4.71. The van der Waals surface area contributed by atoms with E-state index in [4.69, 9.17) is 4.74 Å². The van der Waals surface area contributed by atoms with Crippen LogP contribution in [0.15, 0.2) is 30.3 Å². The molecule has 1 rings (SSSR count). The van der Waals surface area contributed by atoms with Gasteiger partial charge in [-0.05, 0) is 37.8 Å². The van der Waals surface area contributed by atoms with E-state index in [2.05, 4.69) is 49.5 Å². The minimum Gasteiger partial charge on any atom is -0.381 e. The molecular weight excluding hydrogens is 222 g/mol. The minimum atomic E-state index is 0.582. The molecule has 0 aromatic heterocycles. The van der Waals surface area contributed by atoms with Crippen LogP contribution in [0.25, 0.3) is 0 Å². The van der Waals surface area contributed by atoms with E-state index in [9.17, 15) is 0 Å². The average molecular weight is 249 g/mol. The predicted octanol–water partition coefficient (Wildman–Crippen LogP) is 3.41. The van der Waals surface area contributed by atoms with Gasteiger partial charge in [0.15, 0.2) is 0 Å². The fourth-order valence-electron chi connectivity index (χ4n) is 1.99. The molecule has 1 unspecified atom stereocenters. The average Bonchev–Trinajstić information content (AvgIpc) is 2.42. The number of nitrogens with one attached hydrogen (secondary N) is 1. The van der Waals surface area contributed by atoms with Gasteiger partial charge in [0.1, 0.15) is 0 Å². The van der Waals surface area contributed by atoms with Crippen LogP contribution in [-0.2, 0) is 11.2 Å². The van der Waals surface area contributed by atoms with Crippen molar-refractivity contribution >= 4 is 0 Å². The summed E-state index contributed by atoms with van der Waals surface area (Å²) >= 11 is 0. The quantitative estimate of drug-likeness (QED) is 0.642. The van der Waals surface area contributed by atoms with Gasteiger partial charge in [-0.15, -0.1) is 0 Å². The van der Waals surface area contributed by atoms with Gasteiger partial charge in [0.25, 0.3) is 0 Å². The number of benzene rings is 1. The van der Waals surface area contributed by atoms with Gasteiger partial charge >= 0.3 is 0 Å². The molecule has 0 aliphatic carbocycles. The second-order valence-electron chi connectivity index (χ2n) is 4.71. The van der Waals surface area contributed by atoms with Crippen LogP contribution in [0.1, 0.15) is 38.7 Å². The van der Waals surface area contributed by atoms with E-state index in [1.54, 1.807) is 0 Å². The fourth-order valence-corrected chi connectivity index (χ4v) is 1.99. The zero-order valence-corrected chi connectivity index (χ0v) is 11.8. The normalized spacial score (nSPS) is 12.6. The summed E-state index contributed by atoms with van der Waals surface area (Å²) in [6.07, 6.45) is 4.50. The third kappa shape index (κ3) is 6.77. The summed E-state index contributed by atoms with van der Waals surface area (Å²) in [7, 11) is 0. The van der Waals surface area contributed by atoms with Crippen molar-refractivity contribution in [3.63, 3.8) is 0 Å². The van der Waals surface area contributed by atoms with E-state index in [1.165, 1.54) is 12.0 Å². The Balaban J connectivity index is 2.14. The minimum absolute atomic E-state index is 0.582. The Kier molecular flexibility index (Phi) is 8.53. The Labute approximate surface area is 112 Å². The van der Waals surface area contributed by atoms with Crippen molar-refractivity contribution in [3.8, 4) is 0 Å². The van der Waals surface area contributed by atoms with Crippen LogP contribution in [0, 0.1) is 0 Å². The highest BCUT2D eigenvalue weighted by Gasteiger charge is 2.05. The molecule has 2 heteroatoms. The monoisotopic (exact) mass is 249 g/mol. The molecular formula is C16H27NO. The van der Waals surface area contributed by atoms with Crippen molar-refractivity contribution in [3.05, 3.63) is 35.9 Å². The lowest BCUT2D eigenvalue weighted by Gasteiger charge is -2.17.